The fourth-order valence-electron chi connectivity index (χ4n) is 0.171. The van der Waals surface area contributed by atoms with E-state index in [1.54, 1.807) is 0 Å². The molecular formula is C3H7NO4. The van der Waals surface area contributed by atoms with Crippen LogP contribution in [0.1, 0.15) is 0 Å². The van der Waals surface area contributed by atoms with E-state index < -0.39 is 19.0 Å². The highest BCUT2D eigenvalue weighted by Gasteiger charge is 2.03. The summed E-state index contributed by atoms with van der Waals surface area (Å²) in [6.07, 6.45) is -2.60. The maximum atomic E-state index is 9.70. The third kappa shape index (κ3) is 3.38. The highest BCUT2D eigenvalue weighted by Crippen LogP contribution is 1.81. The number of ether oxygens (including phenoxy) is 1. The van der Waals surface area contributed by atoms with E-state index in [-0.39, 0.29) is 0 Å². The van der Waals surface area contributed by atoms with Crippen LogP contribution in [0, 0.1) is 0 Å². The topological polar surface area (TPSA) is 92.8 Å². The molecule has 5 heteroatoms. The van der Waals surface area contributed by atoms with Crippen molar-refractivity contribution in [2.75, 3.05) is 6.61 Å². The molecule has 0 bridgehead atoms. The van der Waals surface area contributed by atoms with E-state index in [1.165, 1.54) is 0 Å². The standard InChI is InChI=1S/C3H7NO4/c4-3(7)8-2(6)1-5/h2,5-6H,1H2,(H2,4,7). The second-order valence-electron chi connectivity index (χ2n) is 1.07. The van der Waals surface area contributed by atoms with Crippen molar-refractivity contribution in [1.82, 2.24) is 0 Å². The summed E-state index contributed by atoms with van der Waals surface area (Å²) in [4.78, 5) is 9.70. The maximum Gasteiger partial charge on any atom is 0.406 e. The molecule has 0 radical (unpaired) electrons. The van der Waals surface area contributed by atoms with Crippen molar-refractivity contribution >= 4 is 6.09 Å². The van der Waals surface area contributed by atoms with E-state index in [4.69, 9.17) is 10.2 Å². The van der Waals surface area contributed by atoms with Crippen molar-refractivity contribution in [3.63, 3.8) is 0 Å². The quantitative estimate of drug-likeness (QED) is 0.383. The van der Waals surface area contributed by atoms with Crippen LogP contribution in [0.2, 0.25) is 0 Å². The number of aliphatic hydroxyl groups excluding tert-OH is 2. The molecule has 0 aliphatic heterocycles. The molecule has 0 rings (SSSR count). The molecule has 4 N–H and O–H groups in total. The van der Waals surface area contributed by atoms with E-state index in [1.807, 2.05) is 0 Å². The van der Waals surface area contributed by atoms with Crippen LogP contribution in [0.25, 0.3) is 0 Å². The molecule has 1 unspecified atom stereocenters. The van der Waals surface area contributed by atoms with Gasteiger partial charge < -0.3 is 20.7 Å². The van der Waals surface area contributed by atoms with E-state index in [9.17, 15) is 4.79 Å². The van der Waals surface area contributed by atoms with Gasteiger partial charge in [0.1, 0.15) is 6.61 Å². The zero-order chi connectivity index (χ0) is 6.57. The molecule has 0 heterocycles. The number of hydrogen-bond acceptors (Lipinski definition) is 4. The summed E-state index contributed by atoms with van der Waals surface area (Å²) in [5, 5.41) is 16.3. The third-order valence-electron chi connectivity index (χ3n) is 0.408. The van der Waals surface area contributed by atoms with Crippen LogP contribution in [0.5, 0.6) is 0 Å². The van der Waals surface area contributed by atoms with Crippen molar-refractivity contribution in [1.29, 1.82) is 0 Å². The van der Waals surface area contributed by atoms with Gasteiger partial charge in [-0.15, -0.1) is 0 Å². The van der Waals surface area contributed by atoms with Gasteiger partial charge in [0.15, 0.2) is 0 Å². The molecule has 0 aliphatic rings. The van der Waals surface area contributed by atoms with Crippen LogP contribution in [0.15, 0.2) is 0 Å². The van der Waals surface area contributed by atoms with Crippen molar-refractivity contribution < 1.29 is 19.7 Å². The Morgan fingerprint density at radius 2 is 2.38 bits per heavy atom. The Bertz CT molecular complexity index is 83.4. The molecule has 48 valence electrons. The van der Waals surface area contributed by atoms with Gasteiger partial charge in [0, 0.05) is 0 Å². The first-order valence-corrected chi connectivity index (χ1v) is 1.92. The van der Waals surface area contributed by atoms with Gasteiger partial charge in [-0.1, -0.05) is 0 Å². The summed E-state index contributed by atoms with van der Waals surface area (Å²) in [6.45, 7) is -0.636. The van der Waals surface area contributed by atoms with E-state index in [0.29, 0.717) is 0 Å². The smallest absolute Gasteiger partial charge is 0.406 e. The van der Waals surface area contributed by atoms with Crippen molar-refractivity contribution in [3.05, 3.63) is 0 Å². The lowest BCUT2D eigenvalue weighted by Crippen LogP contribution is -2.24. The molecule has 0 aliphatic carbocycles. The number of primary amides is 1. The number of carbonyl (C=O) groups excluding carboxylic acids is 1. The minimum atomic E-state index is -1.49. The van der Waals surface area contributed by atoms with Crippen molar-refractivity contribution in [2.45, 2.75) is 6.29 Å². The molecule has 8 heavy (non-hydrogen) atoms. The molecule has 0 aromatic rings. The maximum absolute atomic E-state index is 9.70. The first-order valence-electron chi connectivity index (χ1n) is 1.92. The van der Waals surface area contributed by atoms with Gasteiger partial charge >= 0.3 is 6.09 Å². The summed E-state index contributed by atoms with van der Waals surface area (Å²) in [5.74, 6) is 0. The Kier molecular flexibility index (Phi) is 2.90. The molecule has 5 nitrogen and oxygen atoms in total. The molecular weight excluding hydrogens is 114 g/mol. The number of amides is 1. The average molecular weight is 121 g/mol. The van der Waals surface area contributed by atoms with Gasteiger partial charge in [0.25, 0.3) is 0 Å². The van der Waals surface area contributed by atoms with Gasteiger partial charge in [0.2, 0.25) is 6.29 Å². The fraction of sp³-hybridized carbons (Fsp3) is 0.667. The first kappa shape index (κ1) is 7.19. The van der Waals surface area contributed by atoms with Crippen LogP contribution < -0.4 is 5.73 Å². The molecule has 0 fully saturated rings. The number of rotatable bonds is 2. The Hall–Kier alpha value is -0.810. The summed E-state index contributed by atoms with van der Waals surface area (Å²) in [6, 6.07) is 0. The SMILES string of the molecule is NC(=O)OC(O)CO. The molecule has 1 atom stereocenters. The summed E-state index contributed by atoms with van der Waals surface area (Å²) in [7, 11) is 0. The predicted octanol–water partition coefficient (Wildman–Crippen LogP) is -1.61. The third-order valence-corrected chi connectivity index (χ3v) is 0.408. The van der Waals surface area contributed by atoms with Crippen LogP contribution in [-0.4, -0.2) is 29.2 Å². The number of hydrogen-bond donors (Lipinski definition) is 3. The summed E-state index contributed by atoms with van der Waals surface area (Å²) >= 11 is 0. The van der Waals surface area contributed by atoms with E-state index in [0.717, 1.165) is 0 Å². The highest BCUT2D eigenvalue weighted by atomic mass is 16.6. The molecule has 0 saturated carbocycles. The Morgan fingerprint density at radius 3 is 2.50 bits per heavy atom. The minimum absolute atomic E-state index is 0.636. The van der Waals surface area contributed by atoms with E-state index >= 15 is 0 Å². The average Bonchev–Trinajstić information content (AvgIpc) is 1.65. The van der Waals surface area contributed by atoms with Gasteiger partial charge in [-0.25, -0.2) is 4.79 Å². The van der Waals surface area contributed by atoms with Crippen LogP contribution in [0.3, 0.4) is 0 Å². The Balaban J connectivity index is 3.24. The largest absolute Gasteiger partial charge is 0.417 e. The lowest BCUT2D eigenvalue weighted by atomic mass is 10.7. The van der Waals surface area contributed by atoms with Gasteiger partial charge in [-0.3, -0.25) is 0 Å². The Labute approximate surface area is 45.7 Å². The number of nitrogens with two attached hydrogens (primary N) is 1. The lowest BCUT2D eigenvalue weighted by molar-refractivity contribution is -0.0794. The first-order chi connectivity index (χ1) is 3.66. The van der Waals surface area contributed by atoms with Crippen LogP contribution in [-0.2, 0) is 4.74 Å². The second-order valence-corrected chi connectivity index (χ2v) is 1.07. The fourth-order valence-corrected chi connectivity index (χ4v) is 0.171. The zero-order valence-corrected chi connectivity index (χ0v) is 4.07. The molecule has 1 amide bonds. The van der Waals surface area contributed by atoms with Gasteiger partial charge in [0.05, 0.1) is 0 Å². The lowest BCUT2D eigenvalue weighted by Gasteiger charge is -2.04. The van der Waals surface area contributed by atoms with Gasteiger partial charge in [-0.05, 0) is 0 Å². The molecule has 0 spiro atoms. The number of aliphatic hydroxyl groups is 2. The van der Waals surface area contributed by atoms with Gasteiger partial charge in [-0.2, -0.15) is 0 Å². The monoisotopic (exact) mass is 121 g/mol. The van der Waals surface area contributed by atoms with Crippen LogP contribution in [0.4, 0.5) is 4.79 Å². The zero-order valence-electron chi connectivity index (χ0n) is 4.07. The predicted molar refractivity (Wildman–Crippen MR) is 23.8 cm³/mol. The second kappa shape index (κ2) is 3.23. The van der Waals surface area contributed by atoms with Crippen molar-refractivity contribution in [3.8, 4) is 0 Å². The molecule has 0 aromatic carbocycles. The molecule has 0 aromatic heterocycles. The van der Waals surface area contributed by atoms with Crippen molar-refractivity contribution in [2.24, 2.45) is 5.73 Å². The number of carbonyl (C=O) groups is 1. The summed E-state index contributed by atoms with van der Waals surface area (Å²) < 4.78 is 3.84. The highest BCUT2D eigenvalue weighted by molar-refractivity contribution is 5.64. The Morgan fingerprint density at radius 1 is 1.88 bits per heavy atom. The molecule has 0 saturated heterocycles. The van der Waals surface area contributed by atoms with E-state index in [2.05, 4.69) is 10.5 Å². The minimum Gasteiger partial charge on any atom is -0.417 e. The normalized spacial score (nSPS) is 12.8. The summed E-state index contributed by atoms with van der Waals surface area (Å²) in [5.41, 5.74) is 4.44. The van der Waals surface area contributed by atoms with Crippen LogP contribution >= 0.6 is 0 Å².